The number of barbiturate groups is 1. The number of nitrogens with one attached hydrogen (secondary N) is 1. The fourth-order valence-electron chi connectivity index (χ4n) is 3.29. The van der Waals surface area contributed by atoms with Gasteiger partial charge in [0.2, 0.25) is 0 Å². The second-order valence-corrected chi connectivity index (χ2v) is 8.51. The van der Waals surface area contributed by atoms with Gasteiger partial charge in [-0.1, -0.05) is 55.9 Å². The molecule has 0 unspecified atom stereocenters. The Bertz CT molecular complexity index is 1180. The Balaban J connectivity index is 1.58. The second kappa shape index (κ2) is 9.28. The third-order valence-electron chi connectivity index (χ3n) is 5.28. The zero-order valence-electron chi connectivity index (χ0n) is 17.7. The monoisotopic (exact) mass is 446 g/mol. The van der Waals surface area contributed by atoms with Crippen LogP contribution in [0.5, 0.6) is 0 Å². The van der Waals surface area contributed by atoms with E-state index in [0.717, 1.165) is 21.8 Å². The van der Waals surface area contributed by atoms with Gasteiger partial charge in [0.1, 0.15) is 11.3 Å². The number of amides is 4. The first kappa shape index (κ1) is 21.6. The van der Waals surface area contributed by atoms with Crippen LogP contribution in [0.1, 0.15) is 37.5 Å². The van der Waals surface area contributed by atoms with Crippen LogP contribution in [0.25, 0.3) is 6.08 Å². The lowest BCUT2D eigenvalue weighted by molar-refractivity contribution is -0.122. The molecular formula is C25H22N2O4S. The number of anilines is 1. The van der Waals surface area contributed by atoms with Crippen LogP contribution in [0, 0.1) is 0 Å². The van der Waals surface area contributed by atoms with Crippen LogP contribution in [0.15, 0.2) is 86.7 Å². The number of benzene rings is 2. The summed E-state index contributed by atoms with van der Waals surface area (Å²) in [5, 5.41) is 2.86. The highest BCUT2D eigenvalue weighted by Gasteiger charge is 2.37. The number of nitrogens with zero attached hydrogens (tertiary/aromatic N) is 1. The minimum atomic E-state index is -0.770. The van der Waals surface area contributed by atoms with E-state index in [1.54, 1.807) is 24.3 Å². The fraction of sp³-hybridized carbons (Fsp3) is 0.160. The lowest BCUT2D eigenvalue weighted by Gasteiger charge is -2.26. The zero-order valence-corrected chi connectivity index (χ0v) is 18.5. The highest BCUT2D eigenvalue weighted by Crippen LogP contribution is 2.30. The largest absolute Gasteiger partial charge is 0.450 e. The number of imide groups is 2. The number of furan rings is 1. The lowest BCUT2D eigenvalue weighted by Crippen LogP contribution is -2.54. The summed E-state index contributed by atoms with van der Waals surface area (Å²) in [6, 6.07) is 19.6. The summed E-state index contributed by atoms with van der Waals surface area (Å²) in [6.45, 7) is 4.21. The molecule has 2 aromatic carbocycles. The smallest absolute Gasteiger partial charge is 0.335 e. The molecular weight excluding hydrogens is 424 g/mol. The van der Waals surface area contributed by atoms with Crippen molar-refractivity contribution in [3.63, 3.8) is 0 Å². The molecule has 0 spiro atoms. The summed E-state index contributed by atoms with van der Waals surface area (Å²) >= 11 is 1.43. The topological polar surface area (TPSA) is 79.6 Å². The Hall–Kier alpha value is -3.58. The van der Waals surface area contributed by atoms with Crippen molar-refractivity contribution in [2.75, 3.05) is 4.90 Å². The summed E-state index contributed by atoms with van der Waals surface area (Å²) in [7, 11) is 0. The maximum Gasteiger partial charge on any atom is 0.335 e. The minimum absolute atomic E-state index is 0.166. The number of hydrogen-bond donors (Lipinski definition) is 1. The van der Waals surface area contributed by atoms with E-state index in [9.17, 15) is 14.4 Å². The molecule has 0 saturated carbocycles. The quantitative estimate of drug-likeness (QED) is 0.393. The molecule has 6 nitrogen and oxygen atoms in total. The molecule has 3 aromatic rings. The van der Waals surface area contributed by atoms with Crippen molar-refractivity contribution in [1.29, 1.82) is 0 Å². The average Bonchev–Trinajstić information content (AvgIpc) is 3.24. The van der Waals surface area contributed by atoms with Gasteiger partial charge in [0.05, 0.1) is 5.69 Å². The van der Waals surface area contributed by atoms with E-state index in [-0.39, 0.29) is 5.57 Å². The van der Waals surface area contributed by atoms with Crippen LogP contribution in [0.2, 0.25) is 0 Å². The first-order chi connectivity index (χ1) is 15.5. The molecule has 32 heavy (non-hydrogen) atoms. The maximum atomic E-state index is 13.1. The Morgan fingerprint density at radius 2 is 1.72 bits per heavy atom. The van der Waals surface area contributed by atoms with Gasteiger partial charge < -0.3 is 4.42 Å². The van der Waals surface area contributed by atoms with E-state index < -0.39 is 17.8 Å². The van der Waals surface area contributed by atoms with Gasteiger partial charge in [-0.15, -0.1) is 0 Å². The third-order valence-corrected chi connectivity index (χ3v) is 6.21. The first-order valence-corrected chi connectivity index (χ1v) is 11.1. The summed E-state index contributed by atoms with van der Waals surface area (Å²) < 4.78 is 5.76. The lowest BCUT2D eigenvalue weighted by atomic mass is 9.98. The van der Waals surface area contributed by atoms with Gasteiger partial charge in [-0.2, -0.15) is 0 Å². The molecule has 0 radical (unpaired) electrons. The number of urea groups is 1. The highest BCUT2D eigenvalue weighted by atomic mass is 32.2. The van der Waals surface area contributed by atoms with Crippen LogP contribution >= 0.6 is 11.8 Å². The predicted molar refractivity (Wildman–Crippen MR) is 123 cm³/mol. The van der Waals surface area contributed by atoms with Crippen molar-refractivity contribution < 1.29 is 18.8 Å². The van der Waals surface area contributed by atoms with Crippen molar-refractivity contribution in [3.8, 4) is 0 Å². The van der Waals surface area contributed by atoms with Gasteiger partial charge in [0, 0.05) is 4.90 Å². The molecule has 1 aliphatic heterocycles. The summed E-state index contributed by atoms with van der Waals surface area (Å²) in [5.41, 5.74) is 1.35. The van der Waals surface area contributed by atoms with Gasteiger partial charge >= 0.3 is 6.03 Å². The Morgan fingerprint density at radius 3 is 2.41 bits per heavy atom. The highest BCUT2D eigenvalue weighted by molar-refractivity contribution is 7.99. The molecule has 4 amide bonds. The Morgan fingerprint density at radius 1 is 1.00 bits per heavy atom. The van der Waals surface area contributed by atoms with Crippen molar-refractivity contribution in [2.24, 2.45) is 0 Å². The SMILES string of the molecule is CC[C@@H](C)c1ccc(N2C(=O)NC(=O)/C(=C/c3ccc(Sc4ccccc4)o3)C2=O)cc1. The van der Waals surface area contributed by atoms with Crippen molar-refractivity contribution in [2.45, 2.75) is 36.2 Å². The predicted octanol–water partition coefficient (Wildman–Crippen LogP) is 5.61. The van der Waals surface area contributed by atoms with Gasteiger partial charge in [0.15, 0.2) is 5.09 Å². The average molecular weight is 447 g/mol. The normalized spacial score (nSPS) is 16.4. The number of carbonyl (C=O) groups is 3. The molecule has 1 atom stereocenters. The molecule has 2 heterocycles. The number of carbonyl (C=O) groups excluding carboxylic acids is 3. The van der Waals surface area contributed by atoms with E-state index in [4.69, 9.17) is 4.42 Å². The van der Waals surface area contributed by atoms with Crippen LogP contribution in [0.4, 0.5) is 10.5 Å². The maximum absolute atomic E-state index is 13.1. The Kier molecular flexibility index (Phi) is 6.28. The molecule has 4 rings (SSSR count). The number of rotatable bonds is 6. The van der Waals surface area contributed by atoms with E-state index in [1.807, 2.05) is 42.5 Å². The minimum Gasteiger partial charge on any atom is -0.450 e. The standard InChI is InChI=1S/C25H22N2O4S/c1-3-16(2)17-9-11-18(12-10-17)27-24(29)21(23(28)26-25(27)30)15-19-13-14-22(31-19)32-20-7-5-4-6-8-20/h4-16H,3H2,1-2H3,(H,26,28,30)/b21-15-/t16-/m1/s1. The van der Waals surface area contributed by atoms with Crippen LogP contribution in [-0.2, 0) is 9.59 Å². The van der Waals surface area contributed by atoms with Gasteiger partial charge in [-0.05, 0) is 60.4 Å². The molecule has 1 fully saturated rings. The molecule has 1 aliphatic rings. The summed E-state index contributed by atoms with van der Waals surface area (Å²) in [6.07, 6.45) is 2.34. The number of hydrogen-bond acceptors (Lipinski definition) is 5. The second-order valence-electron chi connectivity index (χ2n) is 7.43. The third kappa shape index (κ3) is 4.53. The molecule has 1 N–H and O–H groups in total. The van der Waals surface area contributed by atoms with Gasteiger partial charge in [-0.3, -0.25) is 14.9 Å². The van der Waals surface area contributed by atoms with E-state index in [2.05, 4.69) is 19.2 Å². The van der Waals surface area contributed by atoms with Crippen molar-refractivity contribution in [3.05, 3.63) is 83.6 Å². The Labute approximate surface area is 190 Å². The van der Waals surface area contributed by atoms with Crippen LogP contribution in [0.3, 0.4) is 0 Å². The van der Waals surface area contributed by atoms with E-state index in [1.165, 1.54) is 17.8 Å². The zero-order chi connectivity index (χ0) is 22.7. The van der Waals surface area contributed by atoms with Crippen molar-refractivity contribution >= 4 is 41.4 Å². The van der Waals surface area contributed by atoms with Crippen LogP contribution in [-0.4, -0.2) is 17.8 Å². The van der Waals surface area contributed by atoms with E-state index in [0.29, 0.717) is 22.5 Å². The molecule has 0 bridgehead atoms. The van der Waals surface area contributed by atoms with Crippen LogP contribution < -0.4 is 10.2 Å². The molecule has 1 aromatic heterocycles. The van der Waals surface area contributed by atoms with Gasteiger partial charge in [-0.25, -0.2) is 9.69 Å². The summed E-state index contributed by atoms with van der Waals surface area (Å²) in [5.74, 6) is -0.720. The van der Waals surface area contributed by atoms with Gasteiger partial charge in [0.25, 0.3) is 11.8 Å². The van der Waals surface area contributed by atoms with Crippen molar-refractivity contribution in [1.82, 2.24) is 5.32 Å². The first-order valence-electron chi connectivity index (χ1n) is 10.3. The summed E-state index contributed by atoms with van der Waals surface area (Å²) in [4.78, 5) is 39.8. The molecule has 7 heteroatoms. The van der Waals surface area contributed by atoms with E-state index >= 15 is 0 Å². The molecule has 162 valence electrons. The fourth-order valence-corrected chi connectivity index (χ4v) is 4.09. The molecule has 0 aliphatic carbocycles. The molecule has 1 saturated heterocycles.